The van der Waals surface area contributed by atoms with Gasteiger partial charge < -0.3 is 14.2 Å². The second-order valence-electron chi connectivity index (χ2n) is 5.38. The van der Waals surface area contributed by atoms with Crippen LogP contribution in [-0.2, 0) is 0 Å². The summed E-state index contributed by atoms with van der Waals surface area (Å²) in [7, 11) is 0. The zero-order valence-corrected chi connectivity index (χ0v) is 18.0. The molecule has 0 amide bonds. The second kappa shape index (κ2) is 11.6. The molecule has 2 rings (SSSR count). The van der Waals surface area contributed by atoms with Crippen molar-refractivity contribution in [2.75, 3.05) is 19.8 Å². The largest absolute Gasteiger partial charge is 0.494 e. The molecule has 3 nitrogen and oxygen atoms in total. The predicted molar refractivity (Wildman–Crippen MR) is 112 cm³/mol. The van der Waals surface area contributed by atoms with E-state index in [1.807, 2.05) is 12.1 Å². The van der Waals surface area contributed by atoms with E-state index >= 15 is 0 Å². The molecule has 8 heteroatoms. The van der Waals surface area contributed by atoms with Crippen molar-refractivity contribution in [3.63, 3.8) is 0 Å². The molecule has 0 spiro atoms. The van der Waals surface area contributed by atoms with Gasteiger partial charge in [0.1, 0.15) is 18.1 Å². The number of unbranched alkanes of at least 4 members (excludes halogenated alkanes) is 1. The van der Waals surface area contributed by atoms with Crippen LogP contribution >= 0.6 is 50.7 Å². The van der Waals surface area contributed by atoms with Crippen molar-refractivity contribution in [1.29, 1.82) is 0 Å². The maximum atomic E-state index is 12.6. The molecule has 0 aliphatic carbocycles. The molecule has 0 atom stereocenters. The zero-order chi connectivity index (χ0) is 19.6. The molecule has 0 fully saturated rings. The maximum absolute atomic E-state index is 12.6. The normalized spacial score (nSPS) is 11.4. The van der Waals surface area contributed by atoms with Gasteiger partial charge in [0.05, 0.1) is 23.3 Å². The number of ether oxygens (including phenoxy) is 3. The lowest BCUT2D eigenvalue weighted by Gasteiger charge is -2.12. The SMILES string of the molecule is FC(Br)=CCOc1cc(Cl)c(OCCCCOc2ccc(Cl)cc2)c(Cl)c1. The van der Waals surface area contributed by atoms with Crippen LogP contribution in [0.3, 0.4) is 0 Å². The molecule has 0 saturated carbocycles. The Bertz CT molecular complexity index is 742. The van der Waals surface area contributed by atoms with E-state index in [0.29, 0.717) is 39.8 Å². The molecule has 0 aromatic heterocycles. The Morgan fingerprint density at radius 2 is 1.48 bits per heavy atom. The van der Waals surface area contributed by atoms with Gasteiger partial charge in [0.25, 0.3) is 0 Å². The van der Waals surface area contributed by atoms with Crippen molar-refractivity contribution >= 4 is 50.7 Å². The van der Waals surface area contributed by atoms with Crippen LogP contribution in [0.5, 0.6) is 17.2 Å². The van der Waals surface area contributed by atoms with E-state index in [0.717, 1.165) is 18.6 Å². The molecule has 0 radical (unpaired) electrons. The minimum Gasteiger partial charge on any atom is -0.494 e. The van der Waals surface area contributed by atoms with E-state index in [-0.39, 0.29) is 6.61 Å². The molecule has 0 aliphatic rings. The highest BCUT2D eigenvalue weighted by molar-refractivity contribution is 9.11. The molecule has 0 bridgehead atoms. The van der Waals surface area contributed by atoms with E-state index in [2.05, 4.69) is 15.9 Å². The molecule has 0 saturated heterocycles. The summed E-state index contributed by atoms with van der Waals surface area (Å²) in [6.45, 7) is 1.07. The van der Waals surface area contributed by atoms with Gasteiger partial charge in [-0.1, -0.05) is 34.8 Å². The molecule has 2 aromatic rings. The number of rotatable bonds is 10. The lowest BCUT2D eigenvalue weighted by molar-refractivity contribution is 0.266. The number of hydrogen-bond donors (Lipinski definition) is 0. The van der Waals surface area contributed by atoms with Crippen LogP contribution in [0.1, 0.15) is 12.8 Å². The summed E-state index contributed by atoms with van der Waals surface area (Å²) < 4.78 is 28.7. The van der Waals surface area contributed by atoms with Crippen LogP contribution in [0.25, 0.3) is 0 Å². The van der Waals surface area contributed by atoms with E-state index in [9.17, 15) is 4.39 Å². The van der Waals surface area contributed by atoms with Crippen LogP contribution in [0, 0.1) is 0 Å². The van der Waals surface area contributed by atoms with Crippen LogP contribution in [0.15, 0.2) is 47.2 Å². The average Bonchev–Trinajstić information content (AvgIpc) is 2.61. The summed E-state index contributed by atoms with van der Waals surface area (Å²) in [6.07, 6.45) is 2.82. The first-order chi connectivity index (χ1) is 13.0. The van der Waals surface area contributed by atoms with Crippen LogP contribution in [-0.4, -0.2) is 19.8 Å². The highest BCUT2D eigenvalue weighted by Crippen LogP contribution is 2.37. The molecular weight excluding hydrogens is 481 g/mol. The first kappa shape index (κ1) is 22.2. The smallest absolute Gasteiger partial charge is 0.165 e. The number of benzene rings is 2. The van der Waals surface area contributed by atoms with Gasteiger partial charge in [0, 0.05) is 17.2 Å². The minimum atomic E-state index is -0.500. The topological polar surface area (TPSA) is 27.7 Å². The van der Waals surface area contributed by atoms with E-state index in [4.69, 9.17) is 49.0 Å². The Morgan fingerprint density at radius 1 is 0.889 bits per heavy atom. The fraction of sp³-hybridized carbons (Fsp3) is 0.263. The molecule has 0 heterocycles. The summed E-state index contributed by atoms with van der Waals surface area (Å²) in [5.41, 5.74) is 0. The monoisotopic (exact) mass is 496 g/mol. The minimum absolute atomic E-state index is 0.0531. The molecule has 0 N–H and O–H groups in total. The molecule has 146 valence electrons. The van der Waals surface area contributed by atoms with E-state index in [1.54, 1.807) is 24.3 Å². The average molecular weight is 499 g/mol. The van der Waals surface area contributed by atoms with Crippen LogP contribution < -0.4 is 14.2 Å². The number of hydrogen-bond acceptors (Lipinski definition) is 3. The Morgan fingerprint density at radius 3 is 2.07 bits per heavy atom. The van der Waals surface area contributed by atoms with Crippen molar-refractivity contribution in [3.05, 3.63) is 62.3 Å². The van der Waals surface area contributed by atoms with Gasteiger partial charge in [-0.3, -0.25) is 0 Å². The second-order valence-corrected chi connectivity index (χ2v) is 7.39. The van der Waals surface area contributed by atoms with Gasteiger partial charge in [-0.2, -0.15) is 4.39 Å². The van der Waals surface area contributed by atoms with Gasteiger partial charge >= 0.3 is 0 Å². The fourth-order valence-electron chi connectivity index (χ4n) is 2.06. The van der Waals surface area contributed by atoms with Gasteiger partial charge in [0.2, 0.25) is 0 Å². The Hall–Kier alpha value is -1.14. The van der Waals surface area contributed by atoms with Crippen molar-refractivity contribution < 1.29 is 18.6 Å². The molecule has 27 heavy (non-hydrogen) atoms. The van der Waals surface area contributed by atoms with Crippen molar-refractivity contribution in [3.8, 4) is 17.2 Å². The van der Waals surface area contributed by atoms with E-state index < -0.39 is 4.74 Å². The van der Waals surface area contributed by atoms with Crippen molar-refractivity contribution in [1.82, 2.24) is 0 Å². The standard InChI is InChI=1S/C19H17BrCl3FO3/c20-18(24)7-10-26-15-11-16(22)19(17(23)12-15)27-9-2-1-8-25-14-5-3-13(21)4-6-14/h3-7,11-12H,1-2,8-10H2. The van der Waals surface area contributed by atoms with Crippen molar-refractivity contribution in [2.24, 2.45) is 0 Å². The lowest BCUT2D eigenvalue weighted by Crippen LogP contribution is -2.03. The van der Waals surface area contributed by atoms with Gasteiger partial charge in [0.15, 0.2) is 10.5 Å². The zero-order valence-electron chi connectivity index (χ0n) is 14.2. The fourth-order valence-corrected chi connectivity index (χ4v) is 2.89. The third kappa shape index (κ3) is 8.18. The summed E-state index contributed by atoms with van der Waals surface area (Å²) in [6, 6.07) is 10.4. The predicted octanol–water partition coefficient (Wildman–Crippen LogP) is 7.47. The summed E-state index contributed by atoms with van der Waals surface area (Å²) in [4.78, 5) is 0. The summed E-state index contributed by atoms with van der Waals surface area (Å²) in [5, 5.41) is 1.34. The van der Waals surface area contributed by atoms with Crippen LogP contribution in [0.2, 0.25) is 15.1 Å². The van der Waals surface area contributed by atoms with Crippen molar-refractivity contribution in [2.45, 2.75) is 12.8 Å². The highest BCUT2D eigenvalue weighted by Gasteiger charge is 2.10. The summed E-state index contributed by atoms with van der Waals surface area (Å²) >= 11 is 20.9. The molecular formula is C19H17BrCl3FO3. The van der Waals surface area contributed by atoms with E-state index in [1.165, 1.54) is 6.08 Å². The molecule has 2 aromatic carbocycles. The lowest BCUT2D eigenvalue weighted by atomic mass is 10.3. The third-order valence-corrected chi connectivity index (χ3v) is 4.46. The third-order valence-electron chi connectivity index (χ3n) is 3.33. The first-order valence-electron chi connectivity index (χ1n) is 8.10. The molecule has 0 unspecified atom stereocenters. The summed E-state index contributed by atoms with van der Waals surface area (Å²) in [5.74, 6) is 1.60. The maximum Gasteiger partial charge on any atom is 0.165 e. The van der Waals surface area contributed by atoms with Gasteiger partial charge in [-0.05, 0) is 59.1 Å². The molecule has 0 aliphatic heterocycles. The Balaban J connectivity index is 1.73. The highest BCUT2D eigenvalue weighted by atomic mass is 79.9. The first-order valence-corrected chi connectivity index (χ1v) is 10.0. The van der Waals surface area contributed by atoms with Crippen LogP contribution in [0.4, 0.5) is 4.39 Å². The number of halogens is 5. The Kier molecular flexibility index (Phi) is 9.56. The van der Waals surface area contributed by atoms with Gasteiger partial charge in [-0.15, -0.1) is 0 Å². The quantitative estimate of drug-likeness (QED) is 0.318. The van der Waals surface area contributed by atoms with Gasteiger partial charge in [-0.25, -0.2) is 0 Å². The Labute approximate surface area is 181 Å².